The minimum atomic E-state index is -0.415. The Labute approximate surface area is 162 Å². The Bertz CT molecular complexity index is 874. The molecule has 0 aliphatic heterocycles. The molecule has 27 heavy (non-hydrogen) atoms. The van der Waals surface area contributed by atoms with Gasteiger partial charge in [-0.3, -0.25) is 9.59 Å². The highest BCUT2D eigenvalue weighted by atomic mass is 32.1. The van der Waals surface area contributed by atoms with Crippen LogP contribution in [-0.2, 0) is 20.7 Å². The number of benzene rings is 2. The Kier molecular flexibility index (Phi) is 6.39. The summed E-state index contributed by atoms with van der Waals surface area (Å²) in [6.45, 7) is 1.64. The van der Waals surface area contributed by atoms with Crippen molar-refractivity contribution in [2.45, 2.75) is 19.4 Å². The van der Waals surface area contributed by atoms with Crippen LogP contribution >= 0.6 is 11.3 Å². The third-order valence-corrected chi connectivity index (χ3v) is 5.18. The highest BCUT2D eigenvalue weighted by Gasteiger charge is 2.13. The van der Waals surface area contributed by atoms with Crippen molar-refractivity contribution in [2.75, 3.05) is 6.61 Å². The number of carbonyl (C=O) groups excluding carboxylic acids is 2. The van der Waals surface area contributed by atoms with Gasteiger partial charge < -0.3 is 10.1 Å². The normalized spacial score (nSPS) is 11.6. The number of carbonyl (C=O) groups is 2. The molecule has 5 heteroatoms. The quantitative estimate of drug-likeness (QED) is 0.620. The zero-order chi connectivity index (χ0) is 19.1. The lowest BCUT2D eigenvalue weighted by atomic mass is 10.0. The van der Waals surface area contributed by atoms with Gasteiger partial charge in [0.2, 0.25) is 0 Å². The van der Waals surface area contributed by atoms with Crippen molar-refractivity contribution in [3.63, 3.8) is 0 Å². The SMILES string of the molecule is C[C@@H](NC(=O)COC(=O)Cc1ccc(-c2ccccc2)cc1)c1cccs1. The van der Waals surface area contributed by atoms with Gasteiger partial charge in [0.05, 0.1) is 12.5 Å². The highest BCUT2D eigenvalue weighted by Crippen LogP contribution is 2.20. The summed E-state index contributed by atoms with van der Waals surface area (Å²) in [6.07, 6.45) is 0.142. The van der Waals surface area contributed by atoms with Gasteiger partial charge in [0.1, 0.15) is 0 Å². The van der Waals surface area contributed by atoms with E-state index < -0.39 is 5.97 Å². The lowest BCUT2D eigenvalue weighted by Gasteiger charge is -2.12. The molecule has 0 aliphatic carbocycles. The van der Waals surface area contributed by atoms with Crippen LogP contribution < -0.4 is 5.32 Å². The fourth-order valence-electron chi connectivity index (χ4n) is 2.70. The molecule has 138 valence electrons. The second-order valence-electron chi connectivity index (χ2n) is 6.21. The molecule has 0 radical (unpaired) electrons. The minimum absolute atomic E-state index is 0.0956. The second kappa shape index (κ2) is 9.14. The van der Waals surface area contributed by atoms with E-state index in [0.717, 1.165) is 21.6 Å². The Morgan fingerprint density at radius 1 is 0.963 bits per heavy atom. The van der Waals surface area contributed by atoms with Crippen molar-refractivity contribution >= 4 is 23.2 Å². The van der Waals surface area contributed by atoms with Crippen LogP contribution in [-0.4, -0.2) is 18.5 Å². The molecule has 0 spiro atoms. The first-order valence-electron chi connectivity index (χ1n) is 8.74. The fourth-order valence-corrected chi connectivity index (χ4v) is 3.44. The Balaban J connectivity index is 1.45. The van der Waals surface area contributed by atoms with Gasteiger partial charge in [-0.25, -0.2) is 0 Å². The molecule has 2 aromatic carbocycles. The monoisotopic (exact) mass is 379 g/mol. The molecule has 1 amide bonds. The molecule has 0 aliphatic rings. The Morgan fingerprint density at radius 2 is 1.67 bits per heavy atom. The van der Waals surface area contributed by atoms with Gasteiger partial charge in [-0.15, -0.1) is 11.3 Å². The summed E-state index contributed by atoms with van der Waals surface area (Å²) in [6, 6.07) is 21.6. The average molecular weight is 379 g/mol. The maximum atomic E-state index is 12.0. The van der Waals surface area contributed by atoms with Crippen LogP contribution in [0.5, 0.6) is 0 Å². The molecule has 0 unspecified atom stereocenters. The van der Waals surface area contributed by atoms with E-state index in [-0.39, 0.29) is 25.0 Å². The molecule has 0 saturated carbocycles. The molecule has 1 atom stereocenters. The lowest BCUT2D eigenvalue weighted by molar-refractivity contribution is -0.148. The number of amides is 1. The van der Waals surface area contributed by atoms with Crippen LogP contribution in [0, 0.1) is 0 Å². The third-order valence-electron chi connectivity index (χ3n) is 4.12. The molecule has 1 N–H and O–H groups in total. The molecule has 1 heterocycles. The molecule has 0 fully saturated rings. The van der Waals surface area contributed by atoms with Crippen LogP contribution in [0.15, 0.2) is 72.1 Å². The van der Waals surface area contributed by atoms with E-state index >= 15 is 0 Å². The predicted octanol–water partition coefficient (Wildman–Crippen LogP) is 4.38. The lowest BCUT2D eigenvalue weighted by Crippen LogP contribution is -2.31. The van der Waals surface area contributed by atoms with Crippen molar-refractivity contribution in [1.29, 1.82) is 0 Å². The van der Waals surface area contributed by atoms with E-state index in [2.05, 4.69) is 5.32 Å². The first-order chi connectivity index (χ1) is 13.1. The molecule has 0 bridgehead atoms. The van der Waals surface area contributed by atoms with Gasteiger partial charge in [-0.05, 0) is 35.1 Å². The molecule has 1 aromatic heterocycles. The summed E-state index contributed by atoms with van der Waals surface area (Å²) < 4.78 is 5.09. The molecule has 3 aromatic rings. The summed E-state index contributed by atoms with van der Waals surface area (Å²) in [5, 5.41) is 4.78. The van der Waals surface area contributed by atoms with E-state index in [1.807, 2.05) is 79.0 Å². The Morgan fingerprint density at radius 3 is 2.33 bits per heavy atom. The molecule has 4 nitrogen and oxygen atoms in total. The third kappa shape index (κ3) is 5.53. The van der Waals surface area contributed by atoms with Gasteiger partial charge in [-0.2, -0.15) is 0 Å². The van der Waals surface area contributed by atoms with Crippen molar-refractivity contribution < 1.29 is 14.3 Å². The number of thiophene rings is 1. The zero-order valence-electron chi connectivity index (χ0n) is 15.1. The molecule has 3 rings (SSSR count). The largest absolute Gasteiger partial charge is 0.455 e. The maximum absolute atomic E-state index is 12.0. The van der Waals surface area contributed by atoms with E-state index in [9.17, 15) is 9.59 Å². The maximum Gasteiger partial charge on any atom is 0.310 e. The number of hydrogen-bond acceptors (Lipinski definition) is 4. The topological polar surface area (TPSA) is 55.4 Å². The number of hydrogen-bond donors (Lipinski definition) is 1. The molecular formula is C22H21NO3S. The van der Waals surface area contributed by atoms with Crippen LogP contribution in [0.25, 0.3) is 11.1 Å². The summed E-state index contributed by atoms with van der Waals surface area (Å²) in [5.74, 6) is -0.718. The smallest absolute Gasteiger partial charge is 0.310 e. The highest BCUT2D eigenvalue weighted by molar-refractivity contribution is 7.10. The first kappa shape index (κ1) is 18.9. The van der Waals surface area contributed by atoms with Crippen LogP contribution in [0.2, 0.25) is 0 Å². The van der Waals surface area contributed by atoms with Crippen molar-refractivity contribution in [3.05, 3.63) is 82.6 Å². The van der Waals surface area contributed by atoms with Crippen LogP contribution in [0.1, 0.15) is 23.4 Å². The second-order valence-corrected chi connectivity index (χ2v) is 7.18. The average Bonchev–Trinajstić information content (AvgIpc) is 3.23. The summed E-state index contributed by atoms with van der Waals surface area (Å²) in [7, 11) is 0. The molecular weight excluding hydrogens is 358 g/mol. The van der Waals surface area contributed by atoms with Crippen molar-refractivity contribution in [1.82, 2.24) is 5.32 Å². The predicted molar refractivity (Wildman–Crippen MR) is 107 cm³/mol. The van der Waals surface area contributed by atoms with E-state index in [1.54, 1.807) is 11.3 Å². The molecule has 0 saturated heterocycles. The van der Waals surface area contributed by atoms with Crippen LogP contribution in [0.4, 0.5) is 0 Å². The van der Waals surface area contributed by atoms with E-state index in [1.165, 1.54) is 0 Å². The van der Waals surface area contributed by atoms with Crippen molar-refractivity contribution in [2.24, 2.45) is 0 Å². The van der Waals surface area contributed by atoms with Gasteiger partial charge >= 0.3 is 5.97 Å². The first-order valence-corrected chi connectivity index (χ1v) is 9.62. The summed E-state index contributed by atoms with van der Waals surface area (Å²) in [5.41, 5.74) is 3.07. The number of nitrogens with one attached hydrogen (secondary N) is 1. The van der Waals surface area contributed by atoms with Gasteiger partial charge in [0, 0.05) is 4.88 Å². The van der Waals surface area contributed by atoms with Gasteiger partial charge in [-0.1, -0.05) is 60.7 Å². The number of esters is 1. The Hall–Kier alpha value is -2.92. The van der Waals surface area contributed by atoms with E-state index in [4.69, 9.17) is 4.74 Å². The van der Waals surface area contributed by atoms with E-state index in [0.29, 0.717) is 0 Å². The van der Waals surface area contributed by atoms with Crippen LogP contribution in [0.3, 0.4) is 0 Å². The van der Waals surface area contributed by atoms with Gasteiger partial charge in [0.15, 0.2) is 6.61 Å². The zero-order valence-corrected chi connectivity index (χ0v) is 15.9. The fraction of sp³-hybridized carbons (Fsp3) is 0.182. The van der Waals surface area contributed by atoms with Gasteiger partial charge in [0.25, 0.3) is 5.91 Å². The number of rotatable bonds is 7. The summed E-state index contributed by atoms with van der Waals surface area (Å²) in [4.78, 5) is 25.0. The standard InChI is InChI=1S/C22H21NO3S/c1-16(20-8-5-13-27-20)23-21(24)15-26-22(25)14-17-9-11-19(12-10-17)18-6-3-2-4-7-18/h2-13,16H,14-15H2,1H3,(H,23,24)/t16-/m1/s1. The van der Waals surface area contributed by atoms with Crippen molar-refractivity contribution in [3.8, 4) is 11.1 Å². The minimum Gasteiger partial charge on any atom is -0.455 e. The summed E-state index contributed by atoms with van der Waals surface area (Å²) >= 11 is 1.58. The number of ether oxygens (including phenoxy) is 1.